The number of esters is 1. The smallest absolute Gasteiger partial charge is 0.341 e. The second-order valence-electron chi connectivity index (χ2n) is 6.53. The number of ether oxygens (including phenoxy) is 1. The standard InChI is InChI=1S/C21H22N2O5S2/c1-4-27-21(26)17-15-10-11-16(29-14-8-6-5-7-9-14)18(23-28-13(3)25)19(15)30-20(17)22-12(2)24/h5-9,16H,4,10-11H2,1-3H3,(H,22,24)/b23-18-/t16-/m0/s1. The van der Waals surface area contributed by atoms with E-state index in [1.165, 1.54) is 25.2 Å². The average molecular weight is 447 g/mol. The lowest BCUT2D eigenvalue weighted by Gasteiger charge is -2.23. The van der Waals surface area contributed by atoms with Crippen molar-refractivity contribution < 1.29 is 24.0 Å². The Hall–Kier alpha value is -2.65. The van der Waals surface area contributed by atoms with Gasteiger partial charge < -0.3 is 14.9 Å². The molecule has 1 heterocycles. The minimum Gasteiger partial charge on any atom is -0.462 e. The van der Waals surface area contributed by atoms with Crippen LogP contribution < -0.4 is 5.32 Å². The van der Waals surface area contributed by atoms with Crippen LogP contribution in [0.2, 0.25) is 0 Å². The van der Waals surface area contributed by atoms with Crippen LogP contribution in [0.1, 0.15) is 48.0 Å². The number of hydrogen-bond donors (Lipinski definition) is 1. The summed E-state index contributed by atoms with van der Waals surface area (Å²) in [6, 6.07) is 9.87. The number of hydrogen-bond acceptors (Lipinski definition) is 8. The third-order valence-electron chi connectivity index (χ3n) is 4.26. The van der Waals surface area contributed by atoms with E-state index in [1.54, 1.807) is 18.7 Å². The van der Waals surface area contributed by atoms with Crippen molar-refractivity contribution in [2.75, 3.05) is 11.9 Å². The fraction of sp³-hybridized carbons (Fsp3) is 0.333. The zero-order valence-electron chi connectivity index (χ0n) is 16.9. The maximum absolute atomic E-state index is 12.6. The molecule has 1 aliphatic rings. The normalized spacial score (nSPS) is 16.6. The molecule has 0 fully saturated rings. The summed E-state index contributed by atoms with van der Waals surface area (Å²) in [5.41, 5.74) is 1.69. The molecular weight excluding hydrogens is 424 g/mol. The Kier molecular flexibility index (Phi) is 7.28. The molecule has 0 bridgehead atoms. The van der Waals surface area contributed by atoms with Crippen LogP contribution >= 0.6 is 23.1 Å². The Bertz CT molecular complexity index is 985. The number of carbonyl (C=O) groups excluding carboxylic acids is 3. The first-order valence-corrected chi connectivity index (χ1v) is 11.2. The van der Waals surface area contributed by atoms with Gasteiger partial charge in [0.25, 0.3) is 0 Å². The molecule has 1 aromatic carbocycles. The van der Waals surface area contributed by atoms with Crippen LogP contribution in [0.15, 0.2) is 40.4 Å². The molecule has 0 saturated heterocycles. The van der Waals surface area contributed by atoms with Crippen LogP contribution in [-0.4, -0.2) is 35.4 Å². The van der Waals surface area contributed by atoms with Crippen LogP contribution in [0.3, 0.4) is 0 Å². The number of rotatable bonds is 6. The molecule has 1 aromatic heterocycles. The lowest BCUT2D eigenvalue weighted by Crippen LogP contribution is -2.26. The number of nitrogens with one attached hydrogen (secondary N) is 1. The Morgan fingerprint density at radius 1 is 1.23 bits per heavy atom. The van der Waals surface area contributed by atoms with E-state index < -0.39 is 11.9 Å². The van der Waals surface area contributed by atoms with Crippen LogP contribution in [0.5, 0.6) is 0 Å². The summed E-state index contributed by atoms with van der Waals surface area (Å²) < 4.78 is 5.22. The summed E-state index contributed by atoms with van der Waals surface area (Å²) in [6.45, 7) is 4.63. The van der Waals surface area contributed by atoms with Crippen LogP contribution in [-0.2, 0) is 25.6 Å². The van der Waals surface area contributed by atoms with E-state index in [-0.39, 0.29) is 17.8 Å². The summed E-state index contributed by atoms with van der Waals surface area (Å²) in [4.78, 5) is 42.5. The predicted molar refractivity (Wildman–Crippen MR) is 117 cm³/mol. The highest BCUT2D eigenvalue weighted by Crippen LogP contribution is 2.42. The molecule has 3 rings (SSSR count). The zero-order chi connectivity index (χ0) is 21.7. The number of amides is 1. The summed E-state index contributed by atoms with van der Waals surface area (Å²) in [5, 5.41) is 7.21. The van der Waals surface area contributed by atoms with Gasteiger partial charge in [0.15, 0.2) is 0 Å². The largest absolute Gasteiger partial charge is 0.462 e. The van der Waals surface area contributed by atoms with Gasteiger partial charge in [-0.15, -0.1) is 23.1 Å². The van der Waals surface area contributed by atoms with Crippen molar-refractivity contribution in [3.05, 3.63) is 46.3 Å². The van der Waals surface area contributed by atoms with Gasteiger partial charge in [-0.1, -0.05) is 23.4 Å². The molecule has 9 heteroatoms. The molecule has 30 heavy (non-hydrogen) atoms. The third kappa shape index (κ3) is 5.09. The summed E-state index contributed by atoms with van der Waals surface area (Å²) >= 11 is 2.87. The zero-order valence-corrected chi connectivity index (χ0v) is 18.5. The molecule has 158 valence electrons. The Morgan fingerprint density at radius 3 is 2.60 bits per heavy atom. The Labute approximate surface area is 182 Å². The summed E-state index contributed by atoms with van der Waals surface area (Å²) in [6.07, 6.45) is 1.30. The number of thiophene rings is 1. The van der Waals surface area contributed by atoms with Crippen LogP contribution in [0.25, 0.3) is 0 Å². The number of anilines is 1. The molecule has 2 aromatic rings. The highest BCUT2D eigenvalue weighted by atomic mass is 32.2. The SMILES string of the molecule is CCOC(=O)c1c(NC(C)=O)sc2c1CC[C@H](Sc1ccccc1)/C2=N/OC(C)=O. The molecule has 0 spiro atoms. The van der Waals surface area contributed by atoms with E-state index in [0.29, 0.717) is 29.1 Å². The first kappa shape index (κ1) is 22.0. The topological polar surface area (TPSA) is 94.1 Å². The Morgan fingerprint density at radius 2 is 1.97 bits per heavy atom. The lowest BCUT2D eigenvalue weighted by molar-refractivity contribution is -0.140. The van der Waals surface area contributed by atoms with Gasteiger partial charge in [-0.3, -0.25) is 4.79 Å². The molecule has 1 amide bonds. The van der Waals surface area contributed by atoms with Gasteiger partial charge in [-0.2, -0.15) is 0 Å². The average Bonchev–Trinajstić information content (AvgIpc) is 3.05. The van der Waals surface area contributed by atoms with Crippen LogP contribution in [0, 0.1) is 0 Å². The fourth-order valence-corrected chi connectivity index (χ4v) is 5.67. The van der Waals surface area contributed by atoms with Crippen molar-refractivity contribution in [1.82, 2.24) is 0 Å². The van der Waals surface area contributed by atoms with E-state index in [0.717, 1.165) is 15.3 Å². The maximum atomic E-state index is 12.6. The van der Waals surface area contributed by atoms with Gasteiger partial charge in [0, 0.05) is 18.7 Å². The molecule has 0 saturated carbocycles. The number of benzene rings is 1. The molecule has 1 aliphatic carbocycles. The summed E-state index contributed by atoms with van der Waals surface area (Å²) in [5.74, 6) is -1.30. The van der Waals surface area contributed by atoms with E-state index in [4.69, 9.17) is 9.57 Å². The van der Waals surface area contributed by atoms with E-state index in [1.807, 2.05) is 30.3 Å². The molecule has 0 aliphatic heterocycles. The van der Waals surface area contributed by atoms with Gasteiger partial charge in [-0.25, -0.2) is 9.59 Å². The second kappa shape index (κ2) is 9.90. The van der Waals surface area contributed by atoms with E-state index in [2.05, 4.69) is 10.5 Å². The van der Waals surface area contributed by atoms with Gasteiger partial charge in [0.1, 0.15) is 10.7 Å². The van der Waals surface area contributed by atoms with Crippen molar-refractivity contribution in [2.45, 2.75) is 43.8 Å². The fourth-order valence-electron chi connectivity index (χ4n) is 3.13. The first-order chi connectivity index (χ1) is 14.4. The number of oxime groups is 1. The number of thioether (sulfide) groups is 1. The van der Waals surface area contributed by atoms with Gasteiger partial charge in [0.2, 0.25) is 5.91 Å². The van der Waals surface area contributed by atoms with E-state index >= 15 is 0 Å². The van der Waals surface area contributed by atoms with Crippen molar-refractivity contribution in [3.63, 3.8) is 0 Å². The monoisotopic (exact) mass is 446 g/mol. The first-order valence-electron chi connectivity index (χ1n) is 9.48. The molecular formula is C21H22N2O5S2. The molecule has 1 atom stereocenters. The lowest BCUT2D eigenvalue weighted by atomic mass is 9.93. The third-order valence-corrected chi connectivity index (χ3v) is 6.72. The minimum absolute atomic E-state index is 0.0712. The second-order valence-corrected chi connectivity index (χ2v) is 8.83. The van der Waals surface area contributed by atoms with Crippen molar-refractivity contribution in [3.8, 4) is 0 Å². The number of nitrogens with zero attached hydrogens (tertiary/aromatic N) is 1. The number of fused-ring (bicyclic) bond motifs is 1. The van der Waals surface area contributed by atoms with E-state index in [9.17, 15) is 14.4 Å². The quantitative estimate of drug-likeness (QED) is 0.405. The van der Waals surface area contributed by atoms with Gasteiger partial charge >= 0.3 is 11.9 Å². The molecule has 0 unspecified atom stereocenters. The maximum Gasteiger partial charge on any atom is 0.341 e. The van der Waals surface area contributed by atoms with Crippen LogP contribution in [0.4, 0.5) is 5.00 Å². The van der Waals surface area contributed by atoms with Crippen molar-refractivity contribution in [1.29, 1.82) is 0 Å². The number of carbonyl (C=O) groups is 3. The summed E-state index contributed by atoms with van der Waals surface area (Å²) in [7, 11) is 0. The molecule has 7 nitrogen and oxygen atoms in total. The van der Waals surface area contributed by atoms with Crippen molar-refractivity contribution >= 4 is 51.7 Å². The Balaban J connectivity index is 2.06. The van der Waals surface area contributed by atoms with Gasteiger partial charge in [0.05, 0.1) is 22.3 Å². The predicted octanol–water partition coefficient (Wildman–Crippen LogP) is 4.26. The van der Waals surface area contributed by atoms with Gasteiger partial charge in [-0.05, 0) is 37.5 Å². The minimum atomic E-state index is -0.526. The van der Waals surface area contributed by atoms with Crippen molar-refractivity contribution in [2.24, 2.45) is 5.16 Å². The highest BCUT2D eigenvalue weighted by molar-refractivity contribution is 8.00. The highest BCUT2D eigenvalue weighted by Gasteiger charge is 2.35. The molecule has 1 N–H and O–H groups in total. The molecule has 0 radical (unpaired) electrons.